The van der Waals surface area contributed by atoms with Crippen LogP contribution in [0.25, 0.3) is 0 Å². The maximum Gasteiger partial charge on any atom is 0.220 e. The molecule has 2 aromatic rings. The molecular weight excluding hydrogens is 274 g/mol. The zero-order valence-electron chi connectivity index (χ0n) is 12.7. The van der Waals surface area contributed by atoms with Gasteiger partial charge in [-0.25, -0.2) is 0 Å². The molecule has 3 heteroatoms. The molecule has 0 unspecified atom stereocenters. The minimum absolute atomic E-state index is 0.118. The van der Waals surface area contributed by atoms with Crippen molar-refractivity contribution in [1.82, 2.24) is 5.32 Å². The van der Waals surface area contributed by atoms with Crippen LogP contribution in [-0.2, 0) is 24.1 Å². The second-order valence-electron chi connectivity index (χ2n) is 5.63. The Morgan fingerprint density at radius 1 is 1.05 bits per heavy atom. The number of amides is 1. The predicted octanol–water partition coefficient (Wildman–Crippen LogP) is 2.91. The molecule has 3 nitrogen and oxygen atoms in total. The summed E-state index contributed by atoms with van der Waals surface area (Å²) in [7, 11) is 0. The van der Waals surface area contributed by atoms with Crippen molar-refractivity contribution in [2.45, 2.75) is 25.7 Å². The molecule has 22 heavy (non-hydrogen) atoms. The van der Waals surface area contributed by atoms with Gasteiger partial charge in [0.25, 0.3) is 0 Å². The van der Waals surface area contributed by atoms with Gasteiger partial charge in [0.05, 0.1) is 6.61 Å². The summed E-state index contributed by atoms with van der Waals surface area (Å²) in [4.78, 5) is 11.9. The van der Waals surface area contributed by atoms with Crippen LogP contribution in [0, 0.1) is 0 Å². The van der Waals surface area contributed by atoms with E-state index in [1.165, 1.54) is 16.7 Å². The fourth-order valence-electron chi connectivity index (χ4n) is 2.73. The smallest absolute Gasteiger partial charge is 0.220 e. The highest BCUT2D eigenvalue weighted by atomic mass is 16.5. The Kier molecular flexibility index (Phi) is 4.74. The first-order chi connectivity index (χ1) is 10.8. The molecule has 3 rings (SSSR count). The van der Waals surface area contributed by atoms with Crippen molar-refractivity contribution in [3.63, 3.8) is 0 Å². The number of hydrogen-bond acceptors (Lipinski definition) is 2. The molecule has 2 aromatic carbocycles. The Morgan fingerprint density at radius 2 is 1.91 bits per heavy atom. The molecule has 0 bridgehead atoms. The predicted molar refractivity (Wildman–Crippen MR) is 87.1 cm³/mol. The van der Waals surface area contributed by atoms with E-state index in [0.717, 1.165) is 31.6 Å². The van der Waals surface area contributed by atoms with Gasteiger partial charge in [0.15, 0.2) is 0 Å². The summed E-state index contributed by atoms with van der Waals surface area (Å²) in [6.07, 6.45) is 3.17. The Morgan fingerprint density at radius 3 is 2.77 bits per heavy atom. The number of benzene rings is 2. The number of hydrogen-bond donors (Lipinski definition) is 1. The van der Waals surface area contributed by atoms with E-state index >= 15 is 0 Å². The maximum absolute atomic E-state index is 11.9. The van der Waals surface area contributed by atoms with Gasteiger partial charge in [-0.2, -0.15) is 0 Å². The van der Waals surface area contributed by atoms with Gasteiger partial charge in [-0.15, -0.1) is 0 Å². The molecule has 1 aliphatic heterocycles. The van der Waals surface area contributed by atoms with Crippen LogP contribution in [0.1, 0.15) is 23.1 Å². The number of aryl methyl sites for hydroxylation is 1. The molecule has 1 aliphatic rings. The summed E-state index contributed by atoms with van der Waals surface area (Å²) in [5.41, 5.74) is 3.73. The summed E-state index contributed by atoms with van der Waals surface area (Å²) in [5, 5.41) is 2.99. The molecular formula is C19H21NO2. The van der Waals surface area contributed by atoms with Crippen molar-refractivity contribution in [2.24, 2.45) is 0 Å². The molecule has 1 heterocycles. The molecule has 0 aliphatic carbocycles. The Balaban J connectivity index is 1.41. The standard InChI is InChI=1S/C19H21NO2/c21-19(20-12-10-15-4-2-1-3-5-15)9-7-16-6-8-18-17(14-16)11-13-22-18/h1-6,8,14H,7,9-13H2,(H,20,21). The van der Waals surface area contributed by atoms with Gasteiger partial charge >= 0.3 is 0 Å². The van der Waals surface area contributed by atoms with Gasteiger partial charge in [0.1, 0.15) is 5.75 Å². The number of fused-ring (bicyclic) bond motifs is 1. The van der Waals surface area contributed by atoms with E-state index in [-0.39, 0.29) is 5.91 Å². The zero-order chi connectivity index (χ0) is 15.2. The molecule has 114 valence electrons. The molecule has 0 atom stereocenters. The van der Waals surface area contributed by atoms with Crippen molar-refractivity contribution < 1.29 is 9.53 Å². The van der Waals surface area contributed by atoms with Crippen molar-refractivity contribution in [1.29, 1.82) is 0 Å². The number of rotatable bonds is 6. The number of carbonyl (C=O) groups excluding carboxylic acids is 1. The lowest BCUT2D eigenvalue weighted by molar-refractivity contribution is -0.121. The third kappa shape index (κ3) is 3.88. The van der Waals surface area contributed by atoms with Crippen LogP contribution in [0.3, 0.4) is 0 Å². The highest BCUT2D eigenvalue weighted by molar-refractivity contribution is 5.76. The van der Waals surface area contributed by atoms with E-state index in [9.17, 15) is 4.79 Å². The van der Waals surface area contributed by atoms with Gasteiger partial charge in [0.2, 0.25) is 5.91 Å². The monoisotopic (exact) mass is 295 g/mol. The van der Waals surface area contributed by atoms with Crippen molar-refractivity contribution >= 4 is 5.91 Å². The second kappa shape index (κ2) is 7.12. The summed E-state index contributed by atoms with van der Waals surface area (Å²) in [5.74, 6) is 1.11. The summed E-state index contributed by atoms with van der Waals surface area (Å²) < 4.78 is 5.49. The van der Waals surface area contributed by atoms with Gasteiger partial charge in [-0.1, -0.05) is 42.5 Å². The molecule has 0 fully saturated rings. The van der Waals surface area contributed by atoms with Crippen LogP contribution in [0.15, 0.2) is 48.5 Å². The Bertz CT molecular complexity index is 637. The average molecular weight is 295 g/mol. The maximum atomic E-state index is 11.9. The fraction of sp³-hybridized carbons (Fsp3) is 0.316. The lowest BCUT2D eigenvalue weighted by Gasteiger charge is -2.06. The van der Waals surface area contributed by atoms with Crippen LogP contribution in [0.4, 0.5) is 0 Å². The number of carbonyl (C=O) groups is 1. The normalized spacial score (nSPS) is 12.5. The zero-order valence-corrected chi connectivity index (χ0v) is 12.7. The van der Waals surface area contributed by atoms with Crippen LogP contribution >= 0.6 is 0 Å². The molecule has 0 saturated heterocycles. The highest BCUT2D eigenvalue weighted by Crippen LogP contribution is 2.26. The molecule has 0 aromatic heterocycles. The number of nitrogens with one attached hydrogen (secondary N) is 1. The first kappa shape index (κ1) is 14.6. The van der Waals surface area contributed by atoms with Gasteiger partial charge < -0.3 is 10.1 Å². The first-order valence-corrected chi connectivity index (χ1v) is 7.86. The lowest BCUT2D eigenvalue weighted by Crippen LogP contribution is -2.25. The Labute approximate surface area is 131 Å². The minimum Gasteiger partial charge on any atom is -0.493 e. The van der Waals surface area contributed by atoms with Crippen LogP contribution in [-0.4, -0.2) is 19.1 Å². The Hall–Kier alpha value is -2.29. The average Bonchev–Trinajstić information content (AvgIpc) is 3.01. The minimum atomic E-state index is 0.118. The topological polar surface area (TPSA) is 38.3 Å². The summed E-state index contributed by atoms with van der Waals surface area (Å²) in [6.45, 7) is 1.47. The van der Waals surface area contributed by atoms with E-state index in [2.05, 4.69) is 29.6 Å². The van der Waals surface area contributed by atoms with E-state index in [1.807, 2.05) is 24.3 Å². The van der Waals surface area contributed by atoms with Crippen molar-refractivity contribution in [2.75, 3.05) is 13.2 Å². The summed E-state index contributed by atoms with van der Waals surface area (Å²) >= 11 is 0. The van der Waals surface area contributed by atoms with Crippen molar-refractivity contribution in [3.05, 3.63) is 65.2 Å². The van der Waals surface area contributed by atoms with Crippen LogP contribution < -0.4 is 10.1 Å². The third-order valence-electron chi connectivity index (χ3n) is 3.97. The highest BCUT2D eigenvalue weighted by Gasteiger charge is 2.12. The van der Waals surface area contributed by atoms with Gasteiger partial charge in [-0.05, 0) is 35.6 Å². The summed E-state index contributed by atoms with van der Waals surface area (Å²) in [6, 6.07) is 16.5. The molecule has 1 N–H and O–H groups in total. The van der Waals surface area contributed by atoms with E-state index in [4.69, 9.17) is 4.74 Å². The van der Waals surface area contributed by atoms with Crippen LogP contribution in [0.2, 0.25) is 0 Å². The van der Waals surface area contributed by atoms with Gasteiger partial charge in [0, 0.05) is 19.4 Å². The first-order valence-electron chi connectivity index (χ1n) is 7.86. The van der Waals surface area contributed by atoms with E-state index in [0.29, 0.717) is 13.0 Å². The van der Waals surface area contributed by atoms with Crippen molar-refractivity contribution in [3.8, 4) is 5.75 Å². The molecule has 1 amide bonds. The molecule has 0 radical (unpaired) electrons. The lowest BCUT2D eigenvalue weighted by atomic mass is 10.0. The third-order valence-corrected chi connectivity index (χ3v) is 3.97. The van der Waals surface area contributed by atoms with Gasteiger partial charge in [-0.3, -0.25) is 4.79 Å². The largest absolute Gasteiger partial charge is 0.493 e. The number of ether oxygens (including phenoxy) is 1. The van der Waals surface area contributed by atoms with Crippen LogP contribution in [0.5, 0.6) is 5.75 Å². The second-order valence-corrected chi connectivity index (χ2v) is 5.63. The SMILES string of the molecule is O=C(CCc1ccc2c(c1)CCO2)NCCc1ccccc1. The van der Waals surface area contributed by atoms with E-state index in [1.54, 1.807) is 0 Å². The quantitative estimate of drug-likeness (QED) is 0.890. The van der Waals surface area contributed by atoms with E-state index < -0.39 is 0 Å². The molecule has 0 spiro atoms. The fourth-order valence-corrected chi connectivity index (χ4v) is 2.73. The molecule has 0 saturated carbocycles.